The van der Waals surface area contributed by atoms with E-state index in [1.54, 1.807) is 0 Å². The summed E-state index contributed by atoms with van der Waals surface area (Å²) in [6.45, 7) is 3.85. The second kappa shape index (κ2) is 7.06. The number of halogens is 1. The van der Waals surface area contributed by atoms with Crippen LogP contribution in [0.2, 0.25) is 0 Å². The Kier molecular flexibility index (Phi) is 5.69. The summed E-state index contributed by atoms with van der Waals surface area (Å²) in [6, 6.07) is 2.62. The summed E-state index contributed by atoms with van der Waals surface area (Å²) in [5.74, 6) is -2.25. The smallest absolute Gasteiger partial charge is 0.328 e. The summed E-state index contributed by atoms with van der Waals surface area (Å²) in [5, 5.41) is 9.14. The summed E-state index contributed by atoms with van der Waals surface area (Å²) in [6.07, 6.45) is 0.440. The molecule has 0 fully saturated rings. The molecule has 0 bridgehead atoms. The Balaban J connectivity index is 3.01. The third kappa shape index (κ3) is 4.18. The van der Waals surface area contributed by atoms with Gasteiger partial charge in [-0.25, -0.2) is 9.18 Å². The molecule has 1 aromatic carbocycles. The molecule has 0 aliphatic carbocycles. The topological polar surface area (TPSA) is 66.8 Å². The zero-order chi connectivity index (χ0) is 16.2. The van der Waals surface area contributed by atoms with E-state index < -0.39 is 29.5 Å². The number of hydrogen-bond acceptors (Lipinski definition) is 4. The van der Waals surface area contributed by atoms with Crippen molar-refractivity contribution >= 4 is 11.9 Å². The number of likely N-dealkylation sites (N-methyl/N-ethyl adjacent to an activating group) is 1. The molecular weight excluding hydrogens is 277 g/mol. The second-order valence-electron chi connectivity index (χ2n) is 5.25. The van der Waals surface area contributed by atoms with Crippen LogP contribution in [0, 0.1) is 11.7 Å². The van der Waals surface area contributed by atoms with E-state index in [1.165, 1.54) is 25.1 Å². The first-order chi connectivity index (χ1) is 9.77. The molecule has 0 radical (unpaired) electrons. The van der Waals surface area contributed by atoms with E-state index in [9.17, 15) is 14.0 Å². The number of carbonyl (C=O) groups excluding carboxylic acids is 2. The van der Waals surface area contributed by atoms with Gasteiger partial charge in [0.1, 0.15) is 6.04 Å². The fourth-order valence-electron chi connectivity index (χ4n) is 1.98. The fraction of sp³-hybridized carbons (Fsp3) is 0.467. The van der Waals surface area contributed by atoms with Gasteiger partial charge in [0.25, 0.3) is 5.91 Å². The normalized spacial score (nSPS) is 12.1. The molecule has 0 saturated carbocycles. The number of phenols is 1. The van der Waals surface area contributed by atoms with Crippen molar-refractivity contribution in [2.24, 2.45) is 5.92 Å². The Morgan fingerprint density at radius 2 is 2.00 bits per heavy atom. The number of methoxy groups -OCH3 is 1. The van der Waals surface area contributed by atoms with Crippen LogP contribution < -0.4 is 0 Å². The van der Waals surface area contributed by atoms with E-state index in [2.05, 4.69) is 0 Å². The lowest BCUT2D eigenvalue weighted by Gasteiger charge is -2.27. The largest absolute Gasteiger partial charge is 0.505 e. The first kappa shape index (κ1) is 16.9. The summed E-state index contributed by atoms with van der Waals surface area (Å²) in [5.41, 5.74) is 0.0606. The van der Waals surface area contributed by atoms with E-state index in [0.29, 0.717) is 6.42 Å². The van der Waals surface area contributed by atoms with Gasteiger partial charge in [-0.1, -0.05) is 13.8 Å². The number of esters is 1. The van der Waals surface area contributed by atoms with Crippen LogP contribution in [0.1, 0.15) is 30.6 Å². The third-order valence-corrected chi connectivity index (χ3v) is 3.15. The number of phenolic OH excluding ortho intramolecular Hbond substituents is 1. The van der Waals surface area contributed by atoms with Crippen molar-refractivity contribution in [1.29, 1.82) is 0 Å². The first-order valence-electron chi connectivity index (χ1n) is 6.61. The predicted molar refractivity (Wildman–Crippen MR) is 75.4 cm³/mol. The highest BCUT2D eigenvalue weighted by Crippen LogP contribution is 2.19. The molecule has 1 atom stereocenters. The molecule has 0 saturated heterocycles. The van der Waals surface area contributed by atoms with Crippen molar-refractivity contribution in [2.75, 3.05) is 14.2 Å². The maximum atomic E-state index is 13.3. The second-order valence-corrected chi connectivity index (χ2v) is 5.25. The number of amides is 1. The van der Waals surface area contributed by atoms with Gasteiger partial charge in [-0.3, -0.25) is 4.79 Å². The van der Waals surface area contributed by atoms with Crippen molar-refractivity contribution in [2.45, 2.75) is 26.3 Å². The molecule has 0 heterocycles. The Morgan fingerprint density at radius 3 is 2.48 bits per heavy atom. The highest BCUT2D eigenvalue weighted by atomic mass is 19.1. The van der Waals surface area contributed by atoms with Gasteiger partial charge in [0.05, 0.1) is 7.11 Å². The van der Waals surface area contributed by atoms with E-state index in [1.807, 2.05) is 13.8 Å². The average Bonchev–Trinajstić information content (AvgIpc) is 2.45. The minimum Gasteiger partial charge on any atom is -0.505 e. The van der Waals surface area contributed by atoms with Crippen molar-refractivity contribution in [1.82, 2.24) is 4.90 Å². The van der Waals surface area contributed by atoms with Crippen LogP contribution in [-0.2, 0) is 9.53 Å². The Bertz CT molecular complexity index is 530. The van der Waals surface area contributed by atoms with Gasteiger partial charge in [-0.2, -0.15) is 0 Å². The van der Waals surface area contributed by atoms with Gasteiger partial charge in [-0.15, -0.1) is 0 Å². The molecule has 0 spiro atoms. The third-order valence-electron chi connectivity index (χ3n) is 3.15. The molecule has 1 unspecified atom stereocenters. The average molecular weight is 297 g/mol. The van der Waals surface area contributed by atoms with Crippen LogP contribution in [0.5, 0.6) is 5.75 Å². The highest BCUT2D eigenvalue weighted by Gasteiger charge is 2.29. The number of rotatable bonds is 5. The van der Waals surface area contributed by atoms with Gasteiger partial charge < -0.3 is 14.7 Å². The van der Waals surface area contributed by atoms with Gasteiger partial charge in [0.2, 0.25) is 0 Å². The van der Waals surface area contributed by atoms with Crippen molar-refractivity contribution in [3.63, 3.8) is 0 Å². The minimum absolute atomic E-state index is 0.0606. The van der Waals surface area contributed by atoms with Crippen LogP contribution in [0.3, 0.4) is 0 Å². The summed E-state index contributed by atoms with van der Waals surface area (Å²) in [4.78, 5) is 25.4. The lowest BCUT2D eigenvalue weighted by atomic mass is 10.0. The summed E-state index contributed by atoms with van der Waals surface area (Å²) in [7, 11) is 2.73. The van der Waals surface area contributed by atoms with Crippen LogP contribution in [0.15, 0.2) is 18.2 Å². The van der Waals surface area contributed by atoms with Crippen molar-refractivity contribution < 1.29 is 23.8 Å². The maximum Gasteiger partial charge on any atom is 0.328 e. The number of nitrogens with zero attached hydrogens (tertiary/aromatic N) is 1. The standard InChI is InChI=1S/C15H20FNO4/c1-9(2)7-12(15(20)21-4)17(3)14(19)10-5-6-13(18)11(16)8-10/h5-6,8-9,12,18H,7H2,1-4H3. The van der Waals surface area contributed by atoms with E-state index in [4.69, 9.17) is 9.84 Å². The molecular formula is C15H20FNO4. The number of carbonyl (C=O) groups is 2. The fourth-order valence-corrected chi connectivity index (χ4v) is 1.98. The minimum atomic E-state index is -0.882. The van der Waals surface area contributed by atoms with Gasteiger partial charge >= 0.3 is 5.97 Å². The molecule has 1 N–H and O–H groups in total. The zero-order valence-corrected chi connectivity index (χ0v) is 12.6. The van der Waals surface area contributed by atoms with Crippen molar-refractivity contribution in [3.05, 3.63) is 29.6 Å². The molecule has 1 aromatic rings. The van der Waals surface area contributed by atoms with Gasteiger partial charge in [-0.05, 0) is 30.5 Å². The number of aromatic hydroxyl groups is 1. The van der Waals surface area contributed by atoms with Gasteiger partial charge in [0, 0.05) is 12.6 Å². The SMILES string of the molecule is COC(=O)C(CC(C)C)N(C)C(=O)c1ccc(O)c(F)c1. The molecule has 0 aromatic heterocycles. The van der Waals surface area contributed by atoms with Crippen LogP contribution in [0.25, 0.3) is 0 Å². The quantitative estimate of drug-likeness (QED) is 0.846. The Labute approximate surface area is 123 Å². The monoisotopic (exact) mass is 297 g/mol. The number of benzene rings is 1. The lowest BCUT2D eigenvalue weighted by molar-refractivity contribution is -0.146. The summed E-state index contributed by atoms with van der Waals surface area (Å²) < 4.78 is 18.0. The Hall–Kier alpha value is -2.11. The molecule has 0 aliphatic rings. The lowest BCUT2D eigenvalue weighted by Crippen LogP contribution is -2.43. The van der Waals surface area contributed by atoms with E-state index in [0.717, 1.165) is 12.1 Å². The van der Waals surface area contributed by atoms with Crippen LogP contribution in [0.4, 0.5) is 4.39 Å². The van der Waals surface area contributed by atoms with Crippen LogP contribution in [-0.4, -0.2) is 42.1 Å². The summed E-state index contributed by atoms with van der Waals surface area (Å²) >= 11 is 0. The number of ether oxygens (including phenoxy) is 1. The Morgan fingerprint density at radius 1 is 1.38 bits per heavy atom. The maximum absolute atomic E-state index is 13.3. The first-order valence-corrected chi connectivity index (χ1v) is 6.61. The predicted octanol–water partition coefficient (Wildman–Crippen LogP) is 2.19. The zero-order valence-electron chi connectivity index (χ0n) is 12.6. The van der Waals surface area contributed by atoms with Crippen molar-refractivity contribution in [3.8, 4) is 5.75 Å². The van der Waals surface area contributed by atoms with Crippen LogP contribution >= 0.6 is 0 Å². The number of hydrogen-bond donors (Lipinski definition) is 1. The highest BCUT2D eigenvalue weighted by molar-refractivity contribution is 5.96. The molecule has 1 amide bonds. The molecule has 21 heavy (non-hydrogen) atoms. The molecule has 5 nitrogen and oxygen atoms in total. The van der Waals surface area contributed by atoms with Gasteiger partial charge in [0.15, 0.2) is 11.6 Å². The molecule has 0 aliphatic heterocycles. The van der Waals surface area contributed by atoms with E-state index >= 15 is 0 Å². The molecule has 1 rings (SSSR count). The van der Waals surface area contributed by atoms with E-state index in [-0.39, 0.29) is 11.5 Å². The molecule has 116 valence electrons. The molecule has 6 heteroatoms.